The van der Waals surface area contributed by atoms with Crippen LogP contribution in [0.25, 0.3) is 11.3 Å². The monoisotopic (exact) mass is 464 g/mol. The van der Waals surface area contributed by atoms with Crippen LogP contribution in [0.2, 0.25) is 0 Å². The minimum atomic E-state index is -1.71. The summed E-state index contributed by atoms with van der Waals surface area (Å²) in [6.45, 7) is 1.42. The van der Waals surface area contributed by atoms with E-state index in [4.69, 9.17) is 18.7 Å². The van der Waals surface area contributed by atoms with Crippen molar-refractivity contribution in [3.63, 3.8) is 0 Å². The summed E-state index contributed by atoms with van der Waals surface area (Å²) in [6.07, 6.45) is 1.46. The van der Waals surface area contributed by atoms with Crippen LogP contribution >= 0.6 is 0 Å². The first-order chi connectivity index (χ1) is 16.4. The molecule has 0 N–H and O–H groups in total. The number of anilines is 1. The van der Waals surface area contributed by atoms with Crippen molar-refractivity contribution in [2.75, 3.05) is 26.2 Å². The average molecular weight is 464 g/mol. The summed E-state index contributed by atoms with van der Waals surface area (Å²) < 4.78 is 21.0. The van der Waals surface area contributed by atoms with Gasteiger partial charge in [-0.3, -0.25) is 19.3 Å². The van der Waals surface area contributed by atoms with Gasteiger partial charge in [-0.1, -0.05) is 35.5 Å². The number of methoxy groups -OCH3 is 3. The Labute approximate surface area is 196 Å². The molecule has 176 valence electrons. The molecule has 0 radical (unpaired) electrons. The average Bonchev–Trinajstić information content (AvgIpc) is 3.50. The number of hydrogen-bond donors (Lipinski definition) is 0. The molecule has 1 aromatic heterocycles. The first-order valence-corrected chi connectivity index (χ1v) is 10.5. The SMILES string of the molecule is COc1ccccc1C1C(C(=O)C(C)(OC)OC)C(=O)C(=O)N1c1ccc(-c2ccon2)cc1. The molecule has 9 heteroatoms. The maximum absolute atomic E-state index is 13.5. The van der Waals surface area contributed by atoms with Gasteiger partial charge in [0.15, 0.2) is 0 Å². The number of aromatic nitrogens is 1. The van der Waals surface area contributed by atoms with Crippen molar-refractivity contribution in [2.24, 2.45) is 5.92 Å². The van der Waals surface area contributed by atoms with Gasteiger partial charge < -0.3 is 18.7 Å². The van der Waals surface area contributed by atoms with Gasteiger partial charge in [-0.05, 0) is 25.1 Å². The van der Waals surface area contributed by atoms with Crippen molar-refractivity contribution in [3.05, 3.63) is 66.4 Å². The van der Waals surface area contributed by atoms with Crippen LogP contribution in [0.15, 0.2) is 65.4 Å². The molecule has 1 saturated heterocycles. The van der Waals surface area contributed by atoms with Crippen molar-refractivity contribution in [1.82, 2.24) is 5.16 Å². The van der Waals surface area contributed by atoms with Gasteiger partial charge in [0.05, 0.1) is 13.2 Å². The van der Waals surface area contributed by atoms with Gasteiger partial charge in [0.2, 0.25) is 17.4 Å². The number of carbonyl (C=O) groups excluding carboxylic acids is 3. The van der Waals surface area contributed by atoms with E-state index in [1.807, 2.05) is 0 Å². The number of benzene rings is 2. The topological polar surface area (TPSA) is 108 Å². The van der Waals surface area contributed by atoms with E-state index in [1.165, 1.54) is 39.4 Å². The number of ether oxygens (including phenoxy) is 3. The number of hydrogen-bond acceptors (Lipinski definition) is 8. The molecular weight excluding hydrogens is 440 g/mol. The first kappa shape index (κ1) is 23.3. The molecule has 0 bridgehead atoms. The Kier molecular flexibility index (Phi) is 6.32. The lowest BCUT2D eigenvalue weighted by atomic mass is 9.85. The van der Waals surface area contributed by atoms with E-state index >= 15 is 0 Å². The number of rotatable bonds is 8. The van der Waals surface area contributed by atoms with E-state index in [1.54, 1.807) is 54.6 Å². The summed E-state index contributed by atoms with van der Waals surface area (Å²) in [6, 6.07) is 14.6. The van der Waals surface area contributed by atoms with E-state index in [2.05, 4.69) is 5.16 Å². The Bertz CT molecular complexity index is 1200. The molecule has 0 spiro atoms. The number of Topliss-reactive ketones (excluding diaryl/α,β-unsaturated/α-hetero) is 2. The van der Waals surface area contributed by atoms with Crippen LogP contribution in [0.3, 0.4) is 0 Å². The highest BCUT2D eigenvalue weighted by atomic mass is 16.7. The molecule has 0 aliphatic carbocycles. The van der Waals surface area contributed by atoms with Crippen LogP contribution in [0.1, 0.15) is 18.5 Å². The molecule has 3 aromatic rings. The van der Waals surface area contributed by atoms with Crippen molar-refractivity contribution in [1.29, 1.82) is 0 Å². The lowest BCUT2D eigenvalue weighted by Crippen LogP contribution is -2.46. The molecule has 2 aromatic carbocycles. The van der Waals surface area contributed by atoms with E-state index in [0.29, 0.717) is 22.7 Å². The first-order valence-electron chi connectivity index (χ1n) is 10.5. The molecule has 4 rings (SSSR count). The molecule has 1 amide bonds. The molecule has 1 aliphatic rings. The van der Waals surface area contributed by atoms with Gasteiger partial charge in [-0.25, -0.2) is 0 Å². The molecule has 2 atom stereocenters. The lowest BCUT2D eigenvalue weighted by molar-refractivity contribution is -0.202. The molecule has 2 unspecified atom stereocenters. The number of para-hydroxylation sites is 1. The predicted octanol–water partition coefficient (Wildman–Crippen LogP) is 3.20. The highest BCUT2D eigenvalue weighted by Gasteiger charge is 2.57. The second-order valence-corrected chi connectivity index (χ2v) is 7.85. The van der Waals surface area contributed by atoms with Gasteiger partial charge in [-0.2, -0.15) is 0 Å². The third kappa shape index (κ3) is 3.78. The van der Waals surface area contributed by atoms with Crippen LogP contribution < -0.4 is 9.64 Å². The normalized spacial score (nSPS) is 18.4. The molecule has 1 aliphatic heterocycles. The number of ketones is 2. The lowest BCUT2D eigenvalue weighted by Gasteiger charge is -2.32. The fraction of sp³-hybridized carbons (Fsp3) is 0.280. The van der Waals surface area contributed by atoms with Crippen LogP contribution in [0.4, 0.5) is 5.69 Å². The largest absolute Gasteiger partial charge is 0.496 e. The van der Waals surface area contributed by atoms with E-state index in [-0.39, 0.29) is 0 Å². The molecule has 2 heterocycles. The van der Waals surface area contributed by atoms with Crippen molar-refractivity contribution in [3.8, 4) is 17.0 Å². The van der Waals surface area contributed by atoms with Crippen LogP contribution in [-0.2, 0) is 23.9 Å². The second kappa shape index (κ2) is 9.20. The zero-order valence-electron chi connectivity index (χ0n) is 19.2. The maximum Gasteiger partial charge on any atom is 0.295 e. The minimum absolute atomic E-state index is 0.438. The Morgan fingerprint density at radius 3 is 2.26 bits per heavy atom. The second-order valence-electron chi connectivity index (χ2n) is 7.85. The molecule has 34 heavy (non-hydrogen) atoms. The van der Waals surface area contributed by atoms with E-state index < -0.39 is 35.2 Å². The third-order valence-corrected chi connectivity index (χ3v) is 6.15. The van der Waals surface area contributed by atoms with Crippen molar-refractivity contribution in [2.45, 2.75) is 18.8 Å². The van der Waals surface area contributed by atoms with Gasteiger partial charge in [0, 0.05) is 37.1 Å². The summed E-state index contributed by atoms with van der Waals surface area (Å²) in [5, 5.41) is 3.91. The Morgan fingerprint density at radius 1 is 1.00 bits per heavy atom. The summed E-state index contributed by atoms with van der Waals surface area (Å²) in [5.41, 5.74) is 2.34. The molecule has 9 nitrogen and oxygen atoms in total. The predicted molar refractivity (Wildman–Crippen MR) is 121 cm³/mol. The highest BCUT2D eigenvalue weighted by Crippen LogP contribution is 2.45. The van der Waals surface area contributed by atoms with Crippen LogP contribution in [-0.4, -0.2) is 49.7 Å². The minimum Gasteiger partial charge on any atom is -0.496 e. The standard InChI is InChI=1S/C25H24N2O7/c1-25(32-3,33-4)23(29)20-21(17-7-5-6-8-19(17)31-2)27(24(30)22(20)28)16-11-9-15(10-12-16)18-13-14-34-26-18/h5-14,20-21H,1-4H3. The number of nitrogens with zero attached hydrogens (tertiary/aromatic N) is 2. The summed E-state index contributed by atoms with van der Waals surface area (Å²) in [5.74, 6) is -4.96. The van der Waals surface area contributed by atoms with Gasteiger partial charge in [-0.15, -0.1) is 0 Å². The summed E-state index contributed by atoms with van der Waals surface area (Å²) >= 11 is 0. The zero-order valence-corrected chi connectivity index (χ0v) is 19.2. The summed E-state index contributed by atoms with van der Waals surface area (Å²) in [7, 11) is 4.10. The third-order valence-electron chi connectivity index (χ3n) is 6.15. The van der Waals surface area contributed by atoms with Gasteiger partial charge in [0.1, 0.15) is 23.6 Å². The maximum atomic E-state index is 13.5. The van der Waals surface area contributed by atoms with Gasteiger partial charge in [0.25, 0.3) is 5.91 Å². The van der Waals surface area contributed by atoms with Crippen molar-refractivity contribution >= 4 is 23.2 Å². The highest BCUT2D eigenvalue weighted by molar-refractivity contribution is 6.48. The number of amides is 1. The molecule has 1 fully saturated rings. The molecular formula is C25H24N2O7. The smallest absolute Gasteiger partial charge is 0.295 e. The zero-order chi connectivity index (χ0) is 24.5. The van der Waals surface area contributed by atoms with E-state index in [9.17, 15) is 14.4 Å². The molecule has 0 saturated carbocycles. The van der Waals surface area contributed by atoms with E-state index in [0.717, 1.165) is 5.56 Å². The fourth-order valence-corrected chi connectivity index (χ4v) is 4.16. The Balaban J connectivity index is 1.85. The summed E-state index contributed by atoms with van der Waals surface area (Å²) in [4.78, 5) is 41.4. The van der Waals surface area contributed by atoms with Crippen LogP contribution in [0, 0.1) is 5.92 Å². The quantitative estimate of drug-likeness (QED) is 0.284. The fourth-order valence-electron chi connectivity index (χ4n) is 4.16. The van der Waals surface area contributed by atoms with Crippen molar-refractivity contribution < 1.29 is 33.1 Å². The van der Waals surface area contributed by atoms with Gasteiger partial charge >= 0.3 is 0 Å². The number of carbonyl (C=O) groups is 3. The van der Waals surface area contributed by atoms with Crippen LogP contribution in [0.5, 0.6) is 5.75 Å². The Morgan fingerprint density at radius 2 is 1.68 bits per heavy atom. The Hall–Kier alpha value is -3.82.